The topological polar surface area (TPSA) is 84.8 Å². The maximum Gasteiger partial charge on any atom is 0.198 e. The number of hydrogen-bond acceptors (Lipinski definition) is 8. The van der Waals surface area contributed by atoms with E-state index in [-0.39, 0.29) is 6.61 Å². The lowest BCUT2D eigenvalue weighted by Gasteiger charge is -2.48. The van der Waals surface area contributed by atoms with Gasteiger partial charge < -0.3 is 19.3 Å². The smallest absolute Gasteiger partial charge is 0.198 e. The monoisotopic (exact) mass is 358 g/mol. The third-order valence-corrected chi connectivity index (χ3v) is 4.17. The molecule has 1 N–H and O–H groups in total. The van der Waals surface area contributed by atoms with Gasteiger partial charge in [-0.15, -0.1) is 0 Å². The van der Waals surface area contributed by atoms with Gasteiger partial charge in [0.25, 0.3) is 0 Å². The molecule has 1 heterocycles. The molecule has 1 aromatic rings. The largest absolute Gasteiger partial charge is 0.394 e. The summed E-state index contributed by atoms with van der Waals surface area (Å²) in [5.74, 6) is -1.22. The average Bonchev–Trinajstić information content (AvgIpc) is 2.64. The van der Waals surface area contributed by atoms with Crippen molar-refractivity contribution in [3.8, 4) is 0 Å². The summed E-state index contributed by atoms with van der Waals surface area (Å²) in [6.45, 7) is 1.68. The first-order valence-corrected chi connectivity index (χ1v) is 7.98. The van der Waals surface area contributed by atoms with Crippen molar-refractivity contribution in [3.63, 3.8) is 0 Å². The molecular formula is C17H26O8. The molecular weight excluding hydrogens is 332 g/mol. The van der Waals surface area contributed by atoms with E-state index in [1.54, 1.807) is 6.92 Å². The summed E-state index contributed by atoms with van der Waals surface area (Å²) in [5.41, 5.74) is 0.972. The van der Waals surface area contributed by atoms with Gasteiger partial charge >= 0.3 is 0 Å². The maximum absolute atomic E-state index is 9.76. The van der Waals surface area contributed by atoms with Gasteiger partial charge in [-0.05, 0) is 12.5 Å². The zero-order valence-electron chi connectivity index (χ0n) is 14.9. The number of benzene rings is 1. The number of methoxy groups -OCH3 is 1. The predicted octanol–water partition coefficient (Wildman–Crippen LogP) is 1.22. The van der Waals surface area contributed by atoms with Crippen molar-refractivity contribution >= 4 is 0 Å². The van der Waals surface area contributed by atoms with Gasteiger partial charge in [0.1, 0.15) is 12.2 Å². The quantitative estimate of drug-likeness (QED) is 0.521. The molecule has 0 bridgehead atoms. The maximum atomic E-state index is 9.76. The summed E-state index contributed by atoms with van der Waals surface area (Å²) in [4.78, 5) is 20.4. The number of aliphatic hydroxyl groups excluding tert-OH is 1. The Morgan fingerprint density at radius 3 is 2.28 bits per heavy atom. The summed E-state index contributed by atoms with van der Waals surface area (Å²) in [7, 11) is 4.22. The zero-order valence-corrected chi connectivity index (χ0v) is 14.9. The summed E-state index contributed by atoms with van der Waals surface area (Å²) < 4.78 is 17.3. The molecule has 1 aliphatic heterocycles. The van der Waals surface area contributed by atoms with E-state index < -0.39 is 30.2 Å². The van der Waals surface area contributed by atoms with Gasteiger partial charge in [0.05, 0.1) is 27.4 Å². The lowest BCUT2D eigenvalue weighted by molar-refractivity contribution is -0.465. The summed E-state index contributed by atoms with van der Waals surface area (Å²) in [6.07, 6.45) is -2.95. The molecule has 5 atom stereocenters. The van der Waals surface area contributed by atoms with E-state index in [0.717, 1.165) is 5.56 Å². The van der Waals surface area contributed by atoms with Gasteiger partial charge in [0, 0.05) is 7.11 Å². The van der Waals surface area contributed by atoms with Gasteiger partial charge in [-0.1, -0.05) is 30.3 Å². The highest BCUT2D eigenvalue weighted by atomic mass is 17.2. The number of hydrogen-bond donors (Lipinski definition) is 1. The molecule has 142 valence electrons. The number of ether oxygens (including phenoxy) is 3. The SMILES string of the molecule is COO[C@H]1[C@H](OCc2ccccc2)[C@@H](CO)O[C@](C)(OC)[C@@H]1OOC. The Morgan fingerprint density at radius 1 is 1.04 bits per heavy atom. The molecule has 1 fully saturated rings. The Balaban J connectivity index is 2.23. The van der Waals surface area contributed by atoms with Crippen LogP contribution >= 0.6 is 0 Å². The summed E-state index contributed by atoms with van der Waals surface area (Å²) in [6, 6.07) is 9.63. The standard InChI is InChI=1S/C17H26O8/c1-17(19-2)16(25-21-4)15(24-20-3)14(13(10-18)23-17)22-11-12-8-6-5-7-9-12/h5-9,13-16,18H,10-11H2,1-4H3/t13-,14-,15+,16-,17+/m1/s1. The van der Waals surface area contributed by atoms with Crippen LogP contribution in [0.15, 0.2) is 30.3 Å². The van der Waals surface area contributed by atoms with Gasteiger partial charge in [0.15, 0.2) is 18.0 Å². The van der Waals surface area contributed by atoms with Crippen molar-refractivity contribution in [2.45, 2.75) is 43.7 Å². The lowest BCUT2D eigenvalue weighted by atomic mass is 9.93. The highest BCUT2D eigenvalue weighted by Gasteiger charge is 2.56. The molecule has 0 saturated carbocycles. The van der Waals surface area contributed by atoms with Crippen molar-refractivity contribution < 1.29 is 38.9 Å². The Bertz CT molecular complexity index is 499. The number of aliphatic hydroxyl groups is 1. The first-order valence-electron chi connectivity index (χ1n) is 7.98. The van der Waals surface area contributed by atoms with Crippen LogP contribution in [-0.4, -0.2) is 63.2 Å². The first kappa shape index (κ1) is 20.2. The third-order valence-electron chi connectivity index (χ3n) is 4.17. The van der Waals surface area contributed by atoms with E-state index in [0.29, 0.717) is 6.61 Å². The molecule has 0 unspecified atom stereocenters. The van der Waals surface area contributed by atoms with Gasteiger partial charge in [-0.3, -0.25) is 0 Å². The molecule has 0 amide bonds. The minimum absolute atomic E-state index is 0.290. The van der Waals surface area contributed by atoms with Crippen LogP contribution in [0.25, 0.3) is 0 Å². The Labute approximate surface area is 147 Å². The first-order chi connectivity index (χ1) is 12.1. The van der Waals surface area contributed by atoms with Crippen LogP contribution in [0, 0.1) is 0 Å². The normalized spacial score (nSPS) is 32.7. The Kier molecular flexibility index (Phi) is 7.73. The highest BCUT2D eigenvalue weighted by Crippen LogP contribution is 2.36. The van der Waals surface area contributed by atoms with Crippen LogP contribution in [-0.2, 0) is 40.4 Å². The average molecular weight is 358 g/mol. The molecule has 1 aromatic carbocycles. The van der Waals surface area contributed by atoms with E-state index in [1.165, 1.54) is 21.3 Å². The van der Waals surface area contributed by atoms with Crippen molar-refractivity contribution in [1.29, 1.82) is 0 Å². The van der Waals surface area contributed by atoms with E-state index in [1.807, 2.05) is 30.3 Å². The molecule has 0 radical (unpaired) electrons. The van der Waals surface area contributed by atoms with Gasteiger partial charge in [0.2, 0.25) is 0 Å². The van der Waals surface area contributed by atoms with Crippen molar-refractivity contribution in [1.82, 2.24) is 0 Å². The summed E-state index contributed by atoms with van der Waals surface area (Å²) in [5, 5.41) is 9.76. The molecule has 0 aliphatic carbocycles. The van der Waals surface area contributed by atoms with Gasteiger partial charge in [-0.2, -0.15) is 0 Å². The number of rotatable bonds is 9. The van der Waals surface area contributed by atoms with Gasteiger partial charge in [-0.25, -0.2) is 19.6 Å². The second kappa shape index (κ2) is 9.56. The minimum atomic E-state index is -1.22. The third kappa shape index (κ3) is 4.75. The Morgan fingerprint density at radius 2 is 1.72 bits per heavy atom. The van der Waals surface area contributed by atoms with Crippen LogP contribution < -0.4 is 0 Å². The minimum Gasteiger partial charge on any atom is -0.394 e. The molecule has 0 aromatic heterocycles. The zero-order chi connectivity index (χ0) is 18.3. The van der Waals surface area contributed by atoms with Crippen LogP contribution in [0.1, 0.15) is 12.5 Å². The lowest BCUT2D eigenvalue weighted by Crippen LogP contribution is -2.66. The molecule has 1 saturated heterocycles. The van der Waals surface area contributed by atoms with Crippen molar-refractivity contribution in [2.24, 2.45) is 0 Å². The molecule has 1 aliphatic rings. The predicted molar refractivity (Wildman–Crippen MR) is 86.2 cm³/mol. The fourth-order valence-corrected chi connectivity index (χ4v) is 2.85. The molecule has 25 heavy (non-hydrogen) atoms. The molecule has 0 spiro atoms. The van der Waals surface area contributed by atoms with Crippen LogP contribution in [0.5, 0.6) is 0 Å². The van der Waals surface area contributed by atoms with Crippen LogP contribution in [0.4, 0.5) is 0 Å². The van der Waals surface area contributed by atoms with Crippen LogP contribution in [0.3, 0.4) is 0 Å². The second-order valence-electron chi connectivity index (χ2n) is 5.73. The molecule has 2 rings (SSSR count). The highest BCUT2D eigenvalue weighted by molar-refractivity contribution is 5.13. The van der Waals surface area contributed by atoms with E-state index in [2.05, 4.69) is 0 Å². The van der Waals surface area contributed by atoms with E-state index in [9.17, 15) is 5.11 Å². The fourth-order valence-electron chi connectivity index (χ4n) is 2.85. The Hall–Kier alpha value is -1.10. The van der Waals surface area contributed by atoms with Crippen LogP contribution in [0.2, 0.25) is 0 Å². The molecule has 8 nitrogen and oxygen atoms in total. The van der Waals surface area contributed by atoms with Crippen molar-refractivity contribution in [2.75, 3.05) is 27.9 Å². The fraction of sp³-hybridized carbons (Fsp3) is 0.647. The molecule has 8 heteroatoms. The summed E-state index contributed by atoms with van der Waals surface area (Å²) >= 11 is 0. The van der Waals surface area contributed by atoms with E-state index in [4.69, 9.17) is 33.8 Å². The van der Waals surface area contributed by atoms with E-state index >= 15 is 0 Å². The second-order valence-corrected chi connectivity index (χ2v) is 5.73. The van der Waals surface area contributed by atoms with Crippen molar-refractivity contribution in [3.05, 3.63) is 35.9 Å².